The average Bonchev–Trinajstić information content (AvgIpc) is 2.97. The van der Waals surface area contributed by atoms with Gasteiger partial charge in [0.25, 0.3) is 0 Å². The molecule has 1 aromatic heterocycles. The molecule has 3 rings (SSSR count). The molecule has 5 nitrogen and oxygen atoms in total. The van der Waals surface area contributed by atoms with E-state index in [1.807, 2.05) is 6.92 Å². The van der Waals surface area contributed by atoms with E-state index in [9.17, 15) is 4.79 Å². The molecule has 1 aliphatic rings. The fourth-order valence-electron chi connectivity index (χ4n) is 2.36. The van der Waals surface area contributed by atoms with Crippen molar-refractivity contribution >= 4 is 39.5 Å². The minimum Gasteiger partial charge on any atom is -0.378 e. The Balaban J connectivity index is 1.94. The third kappa shape index (κ3) is 3.22. The monoisotopic (exact) mass is 347 g/mol. The Hall–Kier alpha value is -1.94. The van der Waals surface area contributed by atoms with E-state index in [2.05, 4.69) is 14.7 Å². The smallest absolute Gasteiger partial charge is 0.205 e. The highest BCUT2D eigenvalue weighted by Crippen LogP contribution is 2.31. The minimum atomic E-state index is -0.185. The molecule has 1 fully saturated rings. The zero-order valence-corrected chi connectivity index (χ0v) is 14.1. The van der Waals surface area contributed by atoms with Crippen LogP contribution in [0.15, 0.2) is 18.2 Å². The van der Waals surface area contributed by atoms with Crippen LogP contribution in [0.25, 0.3) is 4.85 Å². The van der Waals surface area contributed by atoms with Crippen LogP contribution in [0, 0.1) is 13.5 Å². The highest BCUT2D eigenvalue weighted by atomic mass is 35.5. The van der Waals surface area contributed by atoms with Gasteiger partial charge in [0.15, 0.2) is 10.8 Å². The predicted molar refractivity (Wildman–Crippen MR) is 91.0 cm³/mol. The number of nitrogens with zero attached hydrogens (tertiary/aromatic N) is 3. The number of halogens is 1. The zero-order valence-electron chi connectivity index (χ0n) is 12.5. The highest BCUT2D eigenvalue weighted by molar-refractivity contribution is 7.17. The van der Waals surface area contributed by atoms with Gasteiger partial charge in [0.2, 0.25) is 5.78 Å². The van der Waals surface area contributed by atoms with Gasteiger partial charge in [-0.3, -0.25) is 4.79 Å². The third-order valence-corrected chi connectivity index (χ3v) is 5.14. The van der Waals surface area contributed by atoms with E-state index in [1.54, 1.807) is 12.1 Å². The third-order valence-electron chi connectivity index (χ3n) is 3.60. The van der Waals surface area contributed by atoms with Crippen LogP contribution in [0.2, 0.25) is 5.02 Å². The number of ether oxygens (including phenoxy) is 1. The summed E-state index contributed by atoms with van der Waals surface area (Å²) in [6.07, 6.45) is 0. The van der Waals surface area contributed by atoms with Crippen LogP contribution >= 0.6 is 22.9 Å². The van der Waals surface area contributed by atoms with Crippen molar-refractivity contribution in [3.8, 4) is 0 Å². The number of hydrogen-bond acceptors (Lipinski definition) is 5. The largest absolute Gasteiger partial charge is 0.378 e. The van der Waals surface area contributed by atoms with Crippen molar-refractivity contribution < 1.29 is 9.53 Å². The lowest BCUT2D eigenvalue weighted by molar-refractivity contribution is 0.104. The van der Waals surface area contributed by atoms with Crippen LogP contribution in [0.3, 0.4) is 0 Å². The number of ketones is 1. The van der Waals surface area contributed by atoms with Gasteiger partial charge in [0.1, 0.15) is 0 Å². The molecular formula is C16H14ClN3O2S. The molecule has 1 aromatic carbocycles. The molecule has 0 aliphatic carbocycles. The van der Waals surface area contributed by atoms with Gasteiger partial charge >= 0.3 is 0 Å². The van der Waals surface area contributed by atoms with Crippen molar-refractivity contribution in [2.45, 2.75) is 6.92 Å². The van der Waals surface area contributed by atoms with E-state index in [0.717, 1.165) is 18.2 Å². The molecule has 0 unspecified atom stereocenters. The summed E-state index contributed by atoms with van der Waals surface area (Å²) in [5.74, 6) is -0.185. The zero-order chi connectivity index (χ0) is 16.4. The number of rotatable bonds is 3. The molecule has 23 heavy (non-hydrogen) atoms. The molecule has 2 heterocycles. The van der Waals surface area contributed by atoms with E-state index < -0.39 is 0 Å². The molecule has 118 valence electrons. The maximum absolute atomic E-state index is 12.8. The van der Waals surface area contributed by atoms with E-state index in [-0.39, 0.29) is 5.78 Å². The van der Waals surface area contributed by atoms with Crippen molar-refractivity contribution in [1.82, 2.24) is 4.98 Å². The van der Waals surface area contributed by atoms with Crippen LogP contribution in [-0.2, 0) is 4.74 Å². The normalized spacial score (nSPS) is 14.6. The summed E-state index contributed by atoms with van der Waals surface area (Å²) in [5.41, 5.74) is 1.43. The first-order chi connectivity index (χ1) is 11.1. The molecule has 2 aromatic rings. The summed E-state index contributed by atoms with van der Waals surface area (Å²) in [5, 5.41) is 1.18. The van der Waals surface area contributed by atoms with E-state index in [1.165, 1.54) is 17.4 Å². The SMILES string of the molecule is [C-]#[N+]c1ccc(Cl)c(C(=O)c2sc(N3CCOCC3)nc2C)c1. The van der Waals surface area contributed by atoms with Crippen LogP contribution in [0.1, 0.15) is 20.9 Å². The van der Waals surface area contributed by atoms with Crippen molar-refractivity contribution in [1.29, 1.82) is 0 Å². The van der Waals surface area contributed by atoms with Crippen LogP contribution in [-0.4, -0.2) is 37.1 Å². The number of aryl methyl sites for hydroxylation is 1. The summed E-state index contributed by atoms with van der Waals surface area (Å²) < 4.78 is 5.34. The van der Waals surface area contributed by atoms with E-state index in [4.69, 9.17) is 22.9 Å². The molecule has 0 spiro atoms. The Labute approximate surface area is 143 Å². The van der Waals surface area contributed by atoms with Gasteiger partial charge in [-0.15, -0.1) is 0 Å². The van der Waals surface area contributed by atoms with Gasteiger partial charge in [-0.1, -0.05) is 35.1 Å². The number of aromatic nitrogens is 1. The molecule has 0 amide bonds. The second kappa shape index (κ2) is 6.67. The number of carbonyl (C=O) groups is 1. The first kappa shape index (κ1) is 15.9. The molecule has 1 saturated heterocycles. The second-order valence-electron chi connectivity index (χ2n) is 5.12. The number of morpholine rings is 1. The van der Waals surface area contributed by atoms with Gasteiger partial charge in [0, 0.05) is 23.7 Å². The summed E-state index contributed by atoms with van der Waals surface area (Å²) in [6, 6.07) is 4.72. The lowest BCUT2D eigenvalue weighted by Crippen LogP contribution is -2.36. The molecular weight excluding hydrogens is 334 g/mol. The Morgan fingerprint density at radius 1 is 1.43 bits per heavy atom. The van der Waals surface area contributed by atoms with Gasteiger partial charge < -0.3 is 9.64 Å². The molecule has 0 saturated carbocycles. The molecule has 0 N–H and O–H groups in total. The van der Waals surface area contributed by atoms with Crippen molar-refractivity contribution in [3.05, 3.63) is 50.8 Å². The van der Waals surface area contributed by atoms with Crippen LogP contribution in [0.4, 0.5) is 10.8 Å². The first-order valence-corrected chi connectivity index (χ1v) is 8.31. The lowest BCUT2D eigenvalue weighted by atomic mass is 10.1. The molecule has 0 radical (unpaired) electrons. The number of thiazole rings is 1. The van der Waals surface area contributed by atoms with Gasteiger partial charge in [-0.2, -0.15) is 0 Å². The number of anilines is 1. The Bertz CT molecular complexity index is 791. The minimum absolute atomic E-state index is 0.185. The predicted octanol–water partition coefficient (Wildman–Crippen LogP) is 3.72. The topological polar surface area (TPSA) is 46.8 Å². The standard InChI is InChI=1S/C16H14ClN3O2S/c1-10-15(23-16(19-10)20-5-7-22-8-6-20)14(21)12-9-11(18-2)3-4-13(12)17/h3-4,9H,5-8H2,1H3. The van der Waals surface area contributed by atoms with Crippen molar-refractivity contribution in [2.24, 2.45) is 0 Å². The van der Waals surface area contributed by atoms with Gasteiger partial charge in [0.05, 0.1) is 30.4 Å². The van der Waals surface area contributed by atoms with E-state index >= 15 is 0 Å². The molecule has 0 atom stereocenters. The Kier molecular flexibility index (Phi) is 4.62. The van der Waals surface area contributed by atoms with E-state index in [0.29, 0.717) is 40.1 Å². The van der Waals surface area contributed by atoms with Crippen molar-refractivity contribution in [2.75, 3.05) is 31.2 Å². The lowest BCUT2D eigenvalue weighted by Gasteiger charge is -2.26. The van der Waals surface area contributed by atoms with Gasteiger partial charge in [-0.05, 0) is 13.0 Å². The summed E-state index contributed by atoms with van der Waals surface area (Å²) in [6.45, 7) is 11.8. The van der Waals surface area contributed by atoms with Crippen LogP contribution < -0.4 is 4.90 Å². The maximum Gasteiger partial charge on any atom is 0.205 e. The molecule has 0 bridgehead atoms. The second-order valence-corrected chi connectivity index (χ2v) is 6.50. The average molecular weight is 348 g/mol. The maximum atomic E-state index is 12.8. The van der Waals surface area contributed by atoms with Gasteiger partial charge in [-0.25, -0.2) is 9.83 Å². The quantitative estimate of drug-likeness (QED) is 0.627. The first-order valence-electron chi connectivity index (χ1n) is 7.12. The highest BCUT2D eigenvalue weighted by Gasteiger charge is 2.22. The van der Waals surface area contributed by atoms with Crippen molar-refractivity contribution in [3.63, 3.8) is 0 Å². The summed E-state index contributed by atoms with van der Waals surface area (Å²) >= 11 is 7.50. The number of carbonyl (C=O) groups excluding carboxylic acids is 1. The number of hydrogen-bond donors (Lipinski definition) is 0. The fourth-order valence-corrected chi connectivity index (χ4v) is 3.64. The number of benzene rings is 1. The summed E-state index contributed by atoms with van der Waals surface area (Å²) in [4.78, 5) is 23.3. The Morgan fingerprint density at radius 3 is 2.87 bits per heavy atom. The Morgan fingerprint density at radius 2 is 2.17 bits per heavy atom. The molecule has 1 aliphatic heterocycles. The molecule has 7 heteroatoms. The fraction of sp³-hybridized carbons (Fsp3) is 0.312. The van der Waals surface area contributed by atoms with Crippen LogP contribution in [0.5, 0.6) is 0 Å². The summed E-state index contributed by atoms with van der Waals surface area (Å²) in [7, 11) is 0.